The van der Waals surface area contributed by atoms with Crippen LogP contribution in [0.3, 0.4) is 0 Å². The van der Waals surface area contributed by atoms with Crippen molar-refractivity contribution in [1.82, 2.24) is 10.6 Å². The number of amides is 1. The van der Waals surface area contributed by atoms with Crippen LogP contribution in [0.1, 0.15) is 21.9 Å². The van der Waals surface area contributed by atoms with E-state index in [-0.39, 0.29) is 5.76 Å². The van der Waals surface area contributed by atoms with Crippen LogP contribution in [-0.4, -0.2) is 26.0 Å². The molecule has 0 atom stereocenters. The molecule has 4 N–H and O–H groups in total. The van der Waals surface area contributed by atoms with Gasteiger partial charge in [0.15, 0.2) is 11.7 Å². The van der Waals surface area contributed by atoms with E-state index < -0.39 is 5.91 Å². The Labute approximate surface area is 134 Å². The summed E-state index contributed by atoms with van der Waals surface area (Å²) in [7, 11) is 3.31. The molecule has 0 saturated heterocycles. The van der Waals surface area contributed by atoms with Crippen LogP contribution in [0.2, 0.25) is 0 Å². The number of carbonyl (C=O) groups is 1. The number of benzene rings is 1. The van der Waals surface area contributed by atoms with Crippen LogP contribution >= 0.6 is 0 Å². The Balaban J connectivity index is 1.86. The summed E-state index contributed by atoms with van der Waals surface area (Å²) >= 11 is 0. The second-order valence-electron chi connectivity index (χ2n) is 4.76. The minimum absolute atomic E-state index is 0.140. The molecule has 7 heteroatoms. The van der Waals surface area contributed by atoms with Crippen LogP contribution in [-0.2, 0) is 13.1 Å². The molecule has 0 bridgehead atoms. The highest BCUT2D eigenvalue weighted by molar-refractivity contribution is 5.89. The molecule has 0 aliphatic heterocycles. The molecular formula is C16H20N4O3. The quantitative estimate of drug-likeness (QED) is 0.550. The predicted molar refractivity (Wildman–Crippen MR) is 87.3 cm³/mol. The fourth-order valence-electron chi connectivity index (χ4n) is 1.97. The Kier molecular flexibility index (Phi) is 5.62. The predicted octanol–water partition coefficient (Wildman–Crippen LogP) is 1.25. The normalized spacial score (nSPS) is 11.1. The lowest BCUT2D eigenvalue weighted by atomic mass is 10.2. The zero-order valence-electron chi connectivity index (χ0n) is 13.1. The lowest BCUT2D eigenvalue weighted by Gasteiger charge is -2.11. The first-order chi connectivity index (χ1) is 11.1. The van der Waals surface area contributed by atoms with E-state index in [1.165, 1.54) is 0 Å². The molecule has 2 aromatic rings. The van der Waals surface area contributed by atoms with Crippen molar-refractivity contribution >= 4 is 11.9 Å². The number of hydrogen-bond donors (Lipinski definition) is 3. The summed E-state index contributed by atoms with van der Waals surface area (Å²) in [4.78, 5) is 15.1. The molecule has 0 radical (unpaired) electrons. The van der Waals surface area contributed by atoms with Gasteiger partial charge in [0.05, 0.1) is 13.7 Å². The molecule has 0 spiro atoms. The average molecular weight is 316 g/mol. The summed E-state index contributed by atoms with van der Waals surface area (Å²) in [5.41, 5.74) is 6.22. The monoisotopic (exact) mass is 316 g/mol. The summed E-state index contributed by atoms with van der Waals surface area (Å²) in [6.07, 6.45) is 0. The molecule has 1 amide bonds. The van der Waals surface area contributed by atoms with Crippen molar-refractivity contribution in [1.29, 1.82) is 0 Å². The maximum atomic E-state index is 11.0. The van der Waals surface area contributed by atoms with Crippen molar-refractivity contribution in [2.45, 2.75) is 13.1 Å². The zero-order valence-corrected chi connectivity index (χ0v) is 13.1. The number of nitrogens with zero attached hydrogens (tertiary/aromatic N) is 1. The first-order valence-corrected chi connectivity index (χ1v) is 7.08. The summed E-state index contributed by atoms with van der Waals surface area (Å²) in [5.74, 6) is 1.58. The van der Waals surface area contributed by atoms with Gasteiger partial charge < -0.3 is 25.5 Å². The lowest BCUT2D eigenvalue weighted by Crippen LogP contribution is -2.36. The molecule has 0 aliphatic rings. The molecule has 0 fully saturated rings. The Morgan fingerprint density at radius 3 is 2.70 bits per heavy atom. The summed E-state index contributed by atoms with van der Waals surface area (Å²) in [6, 6.07) is 11.0. The number of ether oxygens (including phenoxy) is 1. The van der Waals surface area contributed by atoms with Gasteiger partial charge in [-0.1, -0.05) is 12.1 Å². The highest BCUT2D eigenvalue weighted by Gasteiger charge is 2.07. The third kappa shape index (κ3) is 4.77. The molecule has 122 valence electrons. The van der Waals surface area contributed by atoms with Crippen molar-refractivity contribution < 1.29 is 13.9 Å². The highest BCUT2D eigenvalue weighted by Crippen LogP contribution is 2.12. The van der Waals surface area contributed by atoms with Crippen molar-refractivity contribution in [3.63, 3.8) is 0 Å². The van der Waals surface area contributed by atoms with E-state index in [9.17, 15) is 4.79 Å². The lowest BCUT2D eigenvalue weighted by molar-refractivity contribution is 0.0972. The van der Waals surface area contributed by atoms with Gasteiger partial charge in [0, 0.05) is 13.6 Å². The number of primary amides is 1. The number of methoxy groups -OCH3 is 1. The van der Waals surface area contributed by atoms with Crippen LogP contribution in [0, 0.1) is 0 Å². The van der Waals surface area contributed by atoms with Crippen LogP contribution in [0.25, 0.3) is 0 Å². The van der Waals surface area contributed by atoms with Crippen molar-refractivity contribution in [3.05, 3.63) is 53.5 Å². The number of nitrogens with one attached hydrogen (secondary N) is 2. The van der Waals surface area contributed by atoms with E-state index in [4.69, 9.17) is 14.9 Å². The van der Waals surface area contributed by atoms with Gasteiger partial charge in [0.2, 0.25) is 0 Å². The molecule has 0 unspecified atom stereocenters. The Morgan fingerprint density at radius 1 is 1.26 bits per heavy atom. The maximum Gasteiger partial charge on any atom is 0.284 e. The number of aliphatic imine (C=N–C) groups is 1. The SMILES string of the molecule is CN=C(NCc1cccc(OC)c1)NCc1ccc(C(N)=O)o1. The van der Waals surface area contributed by atoms with Gasteiger partial charge in [-0.3, -0.25) is 9.79 Å². The molecule has 23 heavy (non-hydrogen) atoms. The Morgan fingerprint density at radius 2 is 2.04 bits per heavy atom. The second kappa shape index (κ2) is 7.88. The molecule has 1 aromatic carbocycles. The molecule has 7 nitrogen and oxygen atoms in total. The van der Waals surface area contributed by atoms with E-state index in [2.05, 4.69) is 15.6 Å². The second-order valence-corrected chi connectivity index (χ2v) is 4.76. The first-order valence-electron chi connectivity index (χ1n) is 7.08. The maximum absolute atomic E-state index is 11.0. The van der Waals surface area contributed by atoms with Gasteiger partial charge in [-0.05, 0) is 29.8 Å². The topological polar surface area (TPSA) is 102 Å². The molecular weight excluding hydrogens is 296 g/mol. The smallest absolute Gasteiger partial charge is 0.284 e. The standard InChI is InChI=1S/C16H20N4O3/c1-18-16(19-9-11-4-3-5-12(8-11)22-2)20-10-13-6-7-14(23-13)15(17)21/h3-8H,9-10H2,1-2H3,(H2,17,21)(H2,18,19,20). The van der Waals surface area contributed by atoms with Gasteiger partial charge in [0.25, 0.3) is 5.91 Å². The third-order valence-corrected chi connectivity index (χ3v) is 3.15. The van der Waals surface area contributed by atoms with Gasteiger partial charge in [-0.2, -0.15) is 0 Å². The van der Waals surface area contributed by atoms with E-state index >= 15 is 0 Å². The first kappa shape index (κ1) is 16.4. The van der Waals surface area contributed by atoms with Gasteiger partial charge in [-0.25, -0.2) is 0 Å². The van der Waals surface area contributed by atoms with Crippen molar-refractivity contribution in [3.8, 4) is 5.75 Å². The van der Waals surface area contributed by atoms with Crippen LogP contribution in [0.4, 0.5) is 0 Å². The summed E-state index contributed by atoms with van der Waals surface area (Å²) < 4.78 is 10.5. The highest BCUT2D eigenvalue weighted by atomic mass is 16.5. The summed E-state index contributed by atoms with van der Waals surface area (Å²) in [5, 5.41) is 6.29. The van der Waals surface area contributed by atoms with E-state index in [1.807, 2.05) is 24.3 Å². The zero-order chi connectivity index (χ0) is 16.7. The van der Waals surface area contributed by atoms with Gasteiger partial charge in [-0.15, -0.1) is 0 Å². The van der Waals surface area contributed by atoms with Crippen molar-refractivity contribution in [2.75, 3.05) is 14.2 Å². The molecule has 2 rings (SSSR count). The van der Waals surface area contributed by atoms with Crippen LogP contribution in [0.15, 0.2) is 45.8 Å². The number of carbonyl (C=O) groups excluding carboxylic acids is 1. The third-order valence-electron chi connectivity index (χ3n) is 3.15. The minimum atomic E-state index is -0.586. The fraction of sp³-hybridized carbons (Fsp3) is 0.250. The fourth-order valence-corrected chi connectivity index (χ4v) is 1.97. The Hall–Kier alpha value is -2.96. The van der Waals surface area contributed by atoms with Gasteiger partial charge in [0.1, 0.15) is 11.5 Å². The van der Waals surface area contributed by atoms with Crippen LogP contribution < -0.4 is 21.1 Å². The number of rotatable bonds is 6. The number of guanidine groups is 1. The number of furan rings is 1. The average Bonchev–Trinajstić information content (AvgIpc) is 3.04. The molecule has 1 aromatic heterocycles. The van der Waals surface area contributed by atoms with E-state index in [1.54, 1.807) is 26.3 Å². The number of nitrogens with two attached hydrogens (primary N) is 1. The molecule has 1 heterocycles. The molecule has 0 saturated carbocycles. The largest absolute Gasteiger partial charge is 0.497 e. The van der Waals surface area contributed by atoms with E-state index in [0.29, 0.717) is 24.8 Å². The van der Waals surface area contributed by atoms with E-state index in [0.717, 1.165) is 11.3 Å². The van der Waals surface area contributed by atoms with Crippen molar-refractivity contribution in [2.24, 2.45) is 10.7 Å². The number of hydrogen-bond acceptors (Lipinski definition) is 4. The molecule has 0 aliphatic carbocycles. The summed E-state index contributed by atoms with van der Waals surface area (Å²) in [6.45, 7) is 0.993. The minimum Gasteiger partial charge on any atom is -0.497 e. The van der Waals surface area contributed by atoms with Gasteiger partial charge >= 0.3 is 0 Å². The van der Waals surface area contributed by atoms with Crippen LogP contribution in [0.5, 0.6) is 5.75 Å². The Bertz CT molecular complexity index is 694.